The highest BCUT2D eigenvalue weighted by molar-refractivity contribution is 7.13. The third kappa shape index (κ3) is 6.96. The monoisotopic (exact) mass is 344 g/mol. The van der Waals surface area contributed by atoms with Crippen molar-refractivity contribution in [3.05, 3.63) is 11.1 Å². The summed E-state index contributed by atoms with van der Waals surface area (Å²) >= 11 is 1.10. The number of thiazole rings is 1. The number of aliphatic carboxylic acids is 1. The van der Waals surface area contributed by atoms with Crippen LogP contribution in [0.15, 0.2) is 10.5 Å². The smallest absolute Gasteiger partial charge is 0.407 e. The fourth-order valence-electron chi connectivity index (χ4n) is 1.31. The van der Waals surface area contributed by atoms with Gasteiger partial charge in [-0.15, -0.1) is 11.3 Å². The maximum atomic E-state index is 11.5. The van der Waals surface area contributed by atoms with Gasteiger partial charge in [0.2, 0.25) is 5.71 Å². The Morgan fingerprint density at radius 1 is 1.52 bits per heavy atom. The largest absolute Gasteiger partial charge is 0.476 e. The number of carbonyl (C=O) groups excluding carboxylic acids is 1. The van der Waals surface area contributed by atoms with Crippen molar-refractivity contribution in [2.75, 3.05) is 12.3 Å². The van der Waals surface area contributed by atoms with Crippen LogP contribution in [-0.4, -0.2) is 46.1 Å². The van der Waals surface area contributed by atoms with Crippen LogP contribution in [0.2, 0.25) is 0 Å². The third-order valence-corrected chi connectivity index (χ3v) is 2.90. The van der Waals surface area contributed by atoms with Gasteiger partial charge < -0.3 is 25.7 Å². The van der Waals surface area contributed by atoms with E-state index in [0.29, 0.717) is 0 Å². The van der Waals surface area contributed by atoms with Crippen LogP contribution in [0.3, 0.4) is 0 Å². The number of rotatable bonds is 6. The van der Waals surface area contributed by atoms with Crippen LogP contribution in [0.25, 0.3) is 0 Å². The van der Waals surface area contributed by atoms with Gasteiger partial charge in [-0.05, 0) is 27.7 Å². The molecule has 0 aromatic carbocycles. The van der Waals surface area contributed by atoms with E-state index in [4.69, 9.17) is 20.4 Å². The summed E-state index contributed by atoms with van der Waals surface area (Å²) in [5.41, 5.74) is 4.62. The number of carboxylic acids is 1. The lowest BCUT2D eigenvalue weighted by Crippen LogP contribution is -2.36. The van der Waals surface area contributed by atoms with Crippen LogP contribution in [0.1, 0.15) is 33.4 Å². The van der Waals surface area contributed by atoms with E-state index in [1.807, 2.05) is 0 Å². The predicted molar refractivity (Wildman–Crippen MR) is 85.5 cm³/mol. The lowest BCUT2D eigenvalue weighted by atomic mass is 10.2. The van der Waals surface area contributed by atoms with Gasteiger partial charge in [0.15, 0.2) is 5.13 Å². The molecule has 1 heterocycles. The molecule has 9 nitrogen and oxygen atoms in total. The Kier molecular flexibility index (Phi) is 6.31. The summed E-state index contributed by atoms with van der Waals surface area (Å²) in [6, 6.07) is 0. The van der Waals surface area contributed by atoms with Crippen LogP contribution in [0.5, 0.6) is 0 Å². The van der Waals surface area contributed by atoms with Gasteiger partial charge in [0.05, 0.1) is 6.54 Å². The fourth-order valence-corrected chi connectivity index (χ4v) is 1.86. The molecule has 0 aliphatic rings. The highest BCUT2D eigenvalue weighted by Gasteiger charge is 2.19. The van der Waals surface area contributed by atoms with Crippen LogP contribution < -0.4 is 11.1 Å². The highest BCUT2D eigenvalue weighted by atomic mass is 32.1. The lowest BCUT2D eigenvalue weighted by Gasteiger charge is -2.20. The average molecular weight is 344 g/mol. The van der Waals surface area contributed by atoms with Gasteiger partial charge in [0.25, 0.3) is 0 Å². The van der Waals surface area contributed by atoms with E-state index in [2.05, 4.69) is 15.5 Å². The number of alkyl carbamates (subject to hydrolysis) is 1. The molecule has 1 aromatic heterocycles. The number of carbonyl (C=O) groups is 2. The van der Waals surface area contributed by atoms with Crippen molar-refractivity contribution < 1.29 is 24.3 Å². The van der Waals surface area contributed by atoms with Gasteiger partial charge >= 0.3 is 12.1 Å². The number of oxime groups is 1. The minimum absolute atomic E-state index is 0.102. The Bertz CT molecular complexity index is 593. The molecule has 10 heteroatoms. The molecule has 0 fully saturated rings. The first-order valence-corrected chi connectivity index (χ1v) is 7.62. The number of hydrogen-bond acceptors (Lipinski definition) is 8. The van der Waals surface area contributed by atoms with Crippen LogP contribution in [0, 0.1) is 0 Å². The Labute approximate surface area is 137 Å². The summed E-state index contributed by atoms with van der Waals surface area (Å²) in [4.78, 5) is 31.6. The zero-order chi connectivity index (χ0) is 17.6. The summed E-state index contributed by atoms with van der Waals surface area (Å²) in [7, 11) is 0. The van der Waals surface area contributed by atoms with Gasteiger partial charge in [0, 0.05) is 5.38 Å². The lowest BCUT2D eigenvalue weighted by molar-refractivity contribution is -0.129. The molecule has 0 aliphatic carbocycles. The number of ether oxygens (including phenoxy) is 1. The Morgan fingerprint density at radius 2 is 2.17 bits per heavy atom. The van der Waals surface area contributed by atoms with E-state index < -0.39 is 23.8 Å². The summed E-state index contributed by atoms with van der Waals surface area (Å²) in [6.45, 7) is 6.96. The topological polar surface area (TPSA) is 136 Å². The SMILES string of the molecule is CC(CNC(=O)OC(C)(C)C)ON=C(C(=O)O)c1csc(N)n1. The third-order valence-electron chi connectivity index (χ3n) is 2.22. The molecular weight excluding hydrogens is 324 g/mol. The van der Waals surface area contributed by atoms with E-state index in [-0.39, 0.29) is 23.1 Å². The number of anilines is 1. The fraction of sp³-hybridized carbons (Fsp3) is 0.538. The molecule has 1 unspecified atom stereocenters. The molecule has 1 atom stereocenters. The number of nitrogen functional groups attached to an aromatic ring is 1. The quantitative estimate of drug-likeness (QED) is 0.524. The maximum absolute atomic E-state index is 11.5. The number of hydrogen-bond donors (Lipinski definition) is 3. The molecule has 0 radical (unpaired) electrons. The molecule has 0 spiro atoms. The zero-order valence-corrected chi connectivity index (χ0v) is 14.1. The summed E-state index contributed by atoms with van der Waals surface area (Å²) in [6.07, 6.45) is -1.16. The number of nitrogens with two attached hydrogens (primary N) is 1. The number of amides is 1. The summed E-state index contributed by atoms with van der Waals surface area (Å²) < 4.78 is 5.07. The van der Waals surface area contributed by atoms with E-state index in [1.54, 1.807) is 27.7 Å². The molecule has 4 N–H and O–H groups in total. The number of nitrogens with zero attached hydrogens (tertiary/aromatic N) is 2. The van der Waals surface area contributed by atoms with Crippen molar-refractivity contribution in [3.8, 4) is 0 Å². The van der Waals surface area contributed by atoms with Crippen LogP contribution in [-0.2, 0) is 14.4 Å². The number of nitrogens with one attached hydrogen (secondary N) is 1. The van der Waals surface area contributed by atoms with E-state index >= 15 is 0 Å². The van der Waals surface area contributed by atoms with Crippen LogP contribution >= 0.6 is 11.3 Å². The minimum atomic E-state index is -1.29. The normalized spacial score (nSPS) is 13.3. The average Bonchev–Trinajstić information content (AvgIpc) is 2.80. The molecule has 0 bridgehead atoms. The Morgan fingerprint density at radius 3 is 2.65 bits per heavy atom. The molecule has 0 aliphatic heterocycles. The standard InChI is InChI=1S/C13H20N4O5S/c1-7(5-15-12(20)21-13(2,3)4)22-17-9(10(18)19)8-6-23-11(14)16-8/h6-7H,5H2,1-4H3,(H2,14,16)(H,15,20)(H,18,19). The molecule has 1 aromatic rings. The minimum Gasteiger partial charge on any atom is -0.476 e. The summed E-state index contributed by atoms with van der Waals surface area (Å²) in [5.74, 6) is -1.29. The van der Waals surface area contributed by atoms with Crippen molar-refractivity contribution in [3.63, 3.8) is 0 Å². The van der Waals surface area contributed by atoms with E-state index in [0.717, 1.165) is 11.3 Å². The zero-order valence-electron chi connectivity index (χ0n) is 13.3. The molecule has 1 rings (SSSR count). The van der Waals surface area contributed by atoms with Crippen molar-refractivity contribution in [2.24, 2.45) is 5.16 Å². The summed E-state index contributed by atoms with van der Waals surface area (Å²) in [5, 5.41) is 16.9. The highest BCUT2D eigenvalue weighted by Crippen LogP contribution is 2.12. The predicted octanol–water partition coefficient (Wildman–Crippen LogP) is 1.44. The number of carboxylic acid groups (broad SMARTS) is 1. The second-order valence-electron chi connectivity index (χ2n) is 5.61. The van der Waals surface area contributed by atoms with Crippen LogP contribution in [0.4, 0.5) is 9.93 Å². The van der Waals surface area contributed by atoms with Gasteiger partial charge in [-0.25, -0.2) is 14.6 Å². The first-order chi connectivity index (χ1) is 10.6. The Balaban J connectivity index is 2.56. The number of aromatic nitrogens is 1. The van der Waals surface area contributed by atoms with Gasteiger partial charge in [-0.1, -0.05) is 5.16 Å². The van der Waals surface area contributed by atoms with Crippen molar-refractivity contribution in [1.29, 1.82) is 0 Å². The van der Waals surface area contributed by atoms with E-state index in [1.165, 1.54) is 5.38 Å². The van der Waals surface area contributed by atoms with Crippen molar-refractivity contribution in [2.45, 2.75) is 39.4 Å². The Hall–Kier alpha value is -2.36. The molecule has 0 saturated carbocycles. The second kappa shape index (κ2) is 7.77. The molecule has 0 saturated heterocycles. The molecular formula is C13H20N4O5S. The molecule has 128 valence electrons. The first-order valence-electron chi connectivity index (χ1n) is 6.74. The van der Waals surface area contributed by atoms with Crippen molar-refractivity contribution in [1.82, 2.24) is 10.3 Å². The van der Waals surface area contributed by atoms with Gasteiger partial charge in [-0.3, -0.25) is 0 Å². The maximum Gasteiger partial charge on any atom is 0.407 e. The van der Waals surface area contributed by atoms with Gasteiger partial charge in [-0.2, -0.15) is 0 Å². The molecule has 23 heavy (non-hydrogen) atoms. The first kappa shape index (κ1) is 18.7. The second-order valence-corrected chi connectivity index (χ2v) is 6.50. The van der Waals surface area contributed by atoms with Crippen molar-refractivity contribution >= 4 is 34.2 Å². The van der Waals surface area contributed by atoms with Gasteiger partial charge in [0.1, 0.15) is 17.4 Å². The van der Waals surface area contributed by atoms with E-state index in [9.17, 15) is 9.59 Å². The molecule has 1 amide bonds.